The first-order chi connectivity index (χ1) is 7.16. The Morgan fingerprint density at radius 3 is 2.88 bits per heavy atom. The molecule has 0 spiro atoms. The Kier molecular flexibility index (Phi) is 5.25. The number of rotatable bonds is 3. The van der Waals surface area contributed by atoms with E-state index in [4.69, 9.17) is 5.73 Å². The fraction of sp³-hybridized carbons (Fsp3) is 0.667. The number of hydrogen-bond donors (Lipinski definition) is 1. The van der Waals surface area contributed by atoms with Crippen LogP contribution in [0.5, 0.6) is 0 Å². The second-order valence-corrected chi connectivity index (χ2v) is 5.90. The highest BCUT2D eigenvalue weighted by Gasteiger charge is 2.27. The minimum absolute atomic E-state index is 0. The van der Waals surface area contributed by atoms with Crippen molar-refractivity contribution in [1.82, 2.24) is 4.90 Å². The van der Waals surface area contributed by atoms with Gasteiger partial charge in [-0.1, -0.05) is 0 Å². The Bertz CT molecular complexity index is 325. The van der Waals surface area contributed by atoms with Crippen molar-refractivity contribution in [2.45, 2.75) is 38.8 Å². The quantitative estimate of drug-likeness (QED) is 0.906. The molecule has 1 saturated heterocycles. The summed E-state index contributed by atoms with van der Waals surface area (Å²) in [4.78, 5) is 5.47. The lowest BCUT2D eigenvalue weighted by Crippen LogP contribution is -2.34. The first-order valence-corrected chi connectivity index (χ1v) is 6.54. The lowest BCUT2D eigenvalue weighted by Gasteiger charge is -2.25. The Morgan fingerprint density at radius 1 is 1.56 bits per heavy atom. The van der Waals surface area contributed by atoms with E-state index in [1.165, 1.54) is 29.1 Å². The molecule has 2 atom stereocenters. The normalized spacial score (nSPS) is 23.1. The van der Waals surface area contributed by atoms with Gasteiger partial charge in [0, 0.05) is 28.4 Å². The molecule has 1 fully saturated rings. The van der Waals surface area contributed by atoms with Crippen molar-refractivity contribution < 1.29 is 0 Å². The molecule has 0 radical (unpaired) electrons. The monoisotopic (exact) mass is 260 g/mol. The van der Waals surface area contributed by atoms with Crippen molar-refractivity contribution >= 4 is 23.7 Å². The van der Waals surface area contributed by atoms with Gasteiger partial charge in [-0.3, -0.25) is 4.90 Å². The summed E-state index contributed by atoms with van der Waals surface area (Å²) < 4.78 is 0. The second kappa shape index (κ2) is 6.01. The van der Waals surface area contributed by atoms with E-state index in [2.05, 4.69) is 30.9 Å². The number of halogens is 1. The largest absolute Gasteiger partial charge is 0.327 e. The molecule has 4 heteroatoms. The van der Waals surface area contributed by atoms with Crippen LogP contribution in [0.25, 0.3) is 0 Å². The molecule has 2 heterocycles. The summed E-state index contributed by atoms with van der Waals surface area (Å²) in [6.07, 6.45) is 2.61. The van der Waals surface area contributed by atoms with Crippen LogP contribution in [-0.2, 0) is 0 Å². The average molecular weight is 261 g/mol. The molecule has 1 aliphatic heterocycles. The summed E-state index contributed by atoms with van der Waals surface area (Å²) in [6, 6.07) is 5.42. The third-order valence-electron chi connectivity index (χ3n) is 2.98. The van der Waals surface area contributed by atoms with Crippen LogP contribution in [0.15, 0.2) is 12.1 Å². The summed E-state index contributed by atoms with van der Waals surface area (Å²) >= 11 is 1.93. The molecule has 1 aliphatic rings. The van der Waals surface area contributed by atoms with Gasteiger partial charge in [0.05, 0.1) is 0 Å². The van der Waals surface area contributed by atoms with Gasteiger partial charge in [-0.2, -0.15) is 0 Å². The molecule has 0 bridgehead atoms. The van der Waals surface area contributed by atoms with E-state index in [9.17, 15) is 0 Å². The van der Waals surface area contributed by atoms with E-state index in [0.717, 1.165) is 6.54 Å². The standard InChI is InChI=1S/C12H20N2S.ClH/c1-9(13)8-14-7-3-4-11(14)12-6-5-10(2)15-12;/h5-6,9,11H,3-4,7-8,13H2,1-2H3;1H. The van der Waals surface area contributed by atoms with Gasteiger partial charge in [0.1, 0.15) is 0 Å². The molecule has 16 heavy (non-hydrogen) atoms. The van der Waals surface area contributed by atoms with E-state index >= 15 is 0 Å². The van der Waals surface area contributed by atoms with Crippen molar-refractivity contribution in [2.24, 2.45) is 5.73 Å². The molecule has 0 amide bonds. The van der Waals surface area contributed by atoms with Crippen LogP contribution in [0.3, 0.4) is 0 Å². The minimum atomic E-state index is 0. The SMILES string of the molecule is Cc1ccc(C2CCCN2CC(C)N)s1.Cl. The van der Waals surface area contributed by atoms with Gasteiger partial charge in [-0.15, -0.1) is 23.7 Å². The van der Waals surface area contributed by atoms with Crippen molar-refractivity contribution in [2.75, 3.05) is 13.1 Å². The maximum absolute atomic E-state index is 5.88. The third kappa shape index (κ3) is 3.20. The van der Waals surface area contributed by atoms with Crippen molar-refractivity contribution in [3.8, 4) is 0 Å². The van der Waals surface area contributed by atoms with Gasteiger partial charge >= 0.3 is 0 Å². The van der Waals surface area contributed by atoms with Crippen LogP contribution in [0, 0.1) is 6.92 Å². The average Bonchev–Trinajstić information content (AvgIpc) is 2.72. The summed E-state index contributed by atoms with van der Waals surface area (Å²) in [5.41, 5.74) is 5.88. The van der Waals surface area contributed by atoms with E-state index in [1.54, 1.807) is 0 Å². The fourth-order valence-electron chi connectivity index (χ4n) is 2.37. The molecule has 0 aliphatic carbocycles. The molecule has 0 saturated carbocycles. The lowest BCUT2D eigenvalue weighted by molar-refractivity contribution is 0.248. The summed E-state index contributed by atoms with van der Waals surface area (Å²) in [6.45, 7) is 6.51. The number of thiophene rings is 1. The van der Waals surface area contributed by atoms with Gasteiger partial charge in [0.25, 0.3) is 0 Å². The fourth-order valence-corrected chi connectivity index (χ4v) is 3.42. The Balaban J connectivity index is 0.00000128. The second-order valence-electron chi connectivity index (χ2n) is 4.58. The number of likely N-dealkylation sites (tertiary alicyclic amines) is 1. The minimum Gasteiger partial charge on any atom is -0.327 e. The van der Waals surface area contributed by atoms with E-state index < -0.39 is 0 Å². The van der Waals surface area contributed by atoms with Crippen LogP contribution >= 0.6 is 23.7 Å². The van der Waals surface area contributed by atoms with Gasteiger partial charge < -0.3 is 5.73 Å². The molecule has 2 N–H and O–H groups in total. The first kappa shape index (κ1) is 14.0. The number of nitrogens with zero attached hydrogens (tertiary/aromatic N) is 1. The number of aryl methyl sites for hydroxylation is 1. The molecule has 0 aromatic carbocycles. The van der Waals surface area contributed by atoms with E-state index in [0.29, 0.717) is 6.04 Å². The Morgan fingerprint density at radius 2 is 2.31 bits per heavy atom. The zero-order chi connectivity index (χ0) is 10.8. The van der Waals surface area contributed by atoms with Crippen LogP contribution in [0.2, 0.25) is 0 Å². The van der Waals surface area contributed by atoms with E-state index in [1.807, 2.05) is 11.3 Å². The highest BCUT2D eigenvalue weighted by Crippen LogP contribution is 2.35. The maximum atomic E-state index is 5.88. The van der Waals surface area contributed by atoms with Crippen molar-refractivity contribution in [3.05, 3.63) is 21.9 Å². The molecular weight excluding hydrogens is 240 g/mol. The van der Waals surface area contributed by atoms with Gasteiger partial charge in [0.2, 0.25) is 0 Å². The molecule has 2 unspecified atom stereocenters. The highest BCUT2D eigenvalue weighted by atomic mass is 35.5. The van der Waals surface area contributed by atoms with Crippen LogP contribution in [0.4, 0.5) is 0 Å². The molecule has 2 rings (SSSR count). The summed E-state index contributed by atoms with van der Waals surface area (Å²) in [7, 11) is 0. The van der Waals surface area contributed by atoms with Crippen molar-refractivity contribution in [1.29, 1.82) is 0 Å². The van der Waals surface area contributed by atoms with Gasteiger partial charge in [0.15, 0.2) is 0 Å². The van der Waals surface area contributed by atoms with Crippen molar-refractivity contribution in [3.63, 3.8) is 0 Å². The molecule has 1 aromatic rings. The van der Waals surface area contributed by atoms with Gasteiger partial charge in [-0.25, -0.2) is 0 Å². The maximum Gasteiger partial charge on any atom is 0.0442 e. The van der Waals surface area contributed by atoms with Crippen LogP contribution in [-0.4, -0.2) is 24.0 Å². The smallest absolute Gasteiger partial charge is 0.0442 e. The van der Waals surface area contributed by atoms with Crippen LogP contribution in [0.1, 0.15) is 35.6 Å². The summed E-state index contributed by atoms with van der Waals surface area (Å²) in [5.74, 6) is 0. The number of hydrogen-bond acceptors (Lipinski definition) is 3. The Labute approximate surface area is 108 Å². The van der Waals surface area contributed by atoms with Crippen LogP contribution < -0.4 is 5.73 Å². The van der Waals surface area contributed by atoms with E-state index in [-0.39, 0.29) is 18.4 Å². The highest BCUT2D eigenvalue weighted by molar-refractivity contribution is 7.12. The molecule has 1 aromatic heterocycles. The summed E-state index contributed by atoms with van der Waals surface area (Å²) in [5, 5.41) is 0. The predicted octanol–water partition coefficient (Wildman–Crippen LogP) is 2.96. The Hall–Kier alpha value is -0.0900. The third-order valence-corrected chi connectivity index (χ3v) is 4.08. The zero-order valence-corrected chi connectivity index (χ0v) is 11.6. The van der Waals surface area contributed by atoms with Gasteiger partial charge in [-0.05, 0) is 45.4 Å². The first-order valence-electron chi connectivity index (χ1n) is 5.73. The molecular formula is C12H21ClN2S. The lowest BCUT2D eigenvalue weighted by atomic mass is 10.2. The topological polar surface area (TPSA) is 29.3 Å². The molecule has 92 valence electrons. The molecule has 2 nitrogen and oxygen atoms in total. The number of nitrogens with two attached hydrogens (primary N) is 1. The predicted molar refractivity (Wildman–Crippen MR) is 73.5 cm³/mol. The zero-order valence-electron chi connectivity index (χ0n) is 9.98.